The third-order valence-corrected chi connectivity index (χ3v) is 3.68. The van der Waals surface area contributed by atoms with Crippen molar-refractivity contribution in [3.05, 3.63) is 53.8 Å². The minimum atomic E-state index is -0.176. The molecule has 4 heteroatoms. The number of benzene rings is 2. The van der Waals surface area contributed by atoms with Crippen molar-refractivity contribution in [1.82, 2.24) is 5.32 Å². The normalized spacial score (nSPS) is 14.3. The molecule has 3 nitrogen and oxygen atoms in total. The van der Waals surface area contributed by atoms with Crippen LogP contribution in [0.5, 0.6) is 5.75 Å². The Morgan fingerprint density at radius 2 is 1.95 bits per heavy atom. The first-order chi connectivity index (χ1) is 10.3. The molecule has 0 bridgehead atoms. The average molecular weight is 286 g/mol. The second-order valence-electron chi connectivity index (χ2n) is 5.09. The fraction of sp³-hybridized carbons (Fsp3) is 0.294. The lowest BCUT2D eigenvalue weighted by Gasteiger charge is -2.26. The van der Waals surface area contributed by atoms with Gasteiger partial charge in [-0.1, -0.05) is 18.2 Å². The van der Waals surface area contributed by atoms with Crippen LogP contribution in [0.3, 0.4) is 0 Å². The number of hydrogen-bond donors (Lipinski definition) is 1. The average Bonchev–Trinajstić information content (AvgIpc) is 2.72. The maximum absolute atomic E-state index is 14.2. The zero-order valence-corrected chi connectivity index (χ0v) is 12.1. The number of para-hydroxylation sites is 2. The summed E-state index contributed by atoms with van der Waals surface area (Å²) in [7, 11) is 1.83. The molecule has 110 valence electrons. The van der Waals surface area contributed by atoms with Crippen molar-refractivity contribution in [2.75, 3.05) is 25.1 Å². The van der Waals surface area contributed by atoms with Crippen LogP contribution in [0, 0.1) is 5.82 Å². The number of halogens is 1. The standard InChI is InChI=1S/C17H19FN2O/c1-19-12-13-14(18)6-4-8-15(13)20-10-5-11-21-17-9-3-2-7-16(17)20/h2-4,6-9,19H,5,10-12H2,1H3. The van der Waals surface area contributed by atoms with Crippen LogP contribution in [0.25, 0.3) is 0 Å². The topological polar surface area (TPSA) is 24.5 Å². The van der Waals surface area contributed by atoms with E-state index in [9.17, 15) is 4.39 Å². The van der Waals surface area contributed by atoms with Crippen molar-refractivity contribution in [3.63, 3.8) is 0 Å². The first kappa shape index (κ1) is 13.9. The third-order valence-electron chi connectivity index (χ3n) is 3.68. The summed E-state index contributed by atoms with van der Waals surface area (Å²) in [5, 5.41) is 3.05. The highest BCUT2D eigenvalue weighted by Crippen LogP contribution is 2.37. The highest BCUT2D eigenvalue weighted by Gasteiger charge is 2.20. The second kappa shape index (κ2) is 6.14. The number of nitrogens with one attached hydrogen (secondary N) is 1. The van der Waals surface area contributed by atoms with Crippen LogP contribution in [-0.4, -0.2) is 20.2 Å². The summed E-state index contributed by atoms with van der Waals surface area (Å²) in [4.78, 5) is 2.15. The highest BCUT2D eigenvalue weighted by molar-refractivity contribution is 5.72. The molecule has 21 heavy (non-hydrogen) atoms. The predicted molar refractivity (Wildman–Crippen MR) is 82.7 cm³/mol. The molecule has 1 aliphatic rings. The summed E-state index contributed by atoms with van der Waals surface area (Å²) in [6, 6.07) is 13.2. The van der Waals surface area contributed by atoms with Gasteiger partial charge in [0.15, 0.2) is 0 Å². The van der Waals surface area contributed by atoms with Crippen LogP contribution in [0.15, 0.2) is 42.5 Å². The van der Waals surface area contributed by atoms with E-state index in [1.165, 1.54) is 6.07 Å². The zero-order valence-electron chi connectivity index (χ0n) is 12.1. The number of nitrogens with zero attached hydrogens (tertiary/aromatic N) is 1. The maximum Gasteiger partial charge on any atom is 0.142 e. The Morgan fingerprint density at radius 1 is 1.14 bits per heavy atom. The van der Waals surface area contributed by atoms with Gasteiger partial charge in [-0.15, -0.1) is 0 Å². The molecule has 1 N–H and O–H groups in total. The quantitative estimate of drug-likeness (QED) is 0.935. The van der Waals surface area contributed by atoms with Crippen LogP contribution in [-0.2, 0) is 6.54 Å². The molecule has 0 amide bonds. The summed E-state index contributed by atoms with van der Waals surface area (Å²) in [6.07, 6.45) is 0.907. The van der Waals surface area contributed by atoms with E-state index in [0.29, 0.717) is 18.7 Å². The molecular formula is C17H19FN2O. The monoisotopic (exact) mass is 286 g/mol. The molecule has 0 atom stereocenters. The van der Waals surface area contributed by atoms with Crippen molar-refractivity contribution in [3.8, 4) is 5.75 Å². The van der Waals surface area contributed by atoms with Gasteiger partial charge in [0.2, 0.25) is 0 Å². The van der Waals surface area contributed by atoms with Crippen molar-refractivity contribution in [1.29, 1.82) is 0 Å². The molecule has 0 aromatic heterocycles. The Balaban J connectivity index is 2.10. The molecule has 3 rings (SSSR count). The summed E-state index contributed by atoms with van der Waals surface area (Å²) in [5.41, 5.74) is 2.59. The van der Waals surface area contributed by atoms with Gasteiger partial charge in [0.05, 0.1) is 12.3 Å². The molecule has 2 aromatic rings. The van der Waals surface area contributed by atoms with E-state index in [1.807, 2.05) is 37.4 Å². The van der Waals surface area contributed by atoms with Crippen molar-refractivity contribution in [2.24, 2.45) is 0 Å². The van der Waals surface area contributed by atoms with Gasteiger partial charge in [-0.05, 0) is 37.7 Å². The number of rotatable bonds is 3. The number of anilines is 2. The molecule has 0 spiro atoms. The zero-order chi connectivity index (χ0) is 14.7. The van der Waals surface area contributed by atoms with E-state index in [0.717, 1.165) is 30.1 Å². The third kappa shape index (κ3) is 2.72. The lowest BCUT2D eigenvalue weighted by atomic mass is 10.1. The van der Waals surface area contributed by atoms with Gasteiger partial charge in [-0.3, -0.25) is 0 Å². The maximum atomic E-state index is 14.2. The largest absolute Gasteiger partial charge is 0.491 e. The number of ether oxygens (including phenoxy) is 1. The molecule has 1 heterocycles. The van der Waals surface area contributed by atoms with Crippen LogP contribution in [0.1, 0.15) is 12.0 Å². The Bertz CT molecular complexity index is 630. The smallest absolute Gasteiger partial charge is 0.142 e. The Hall–Kier alpha value is -2.07. The predicted octanol–water partition coefficient (Wildman–Crippen LogP) is 3.47. The Morgan fingerprint density at radius 3 is 2.81 bits per heavy atom. The van der Waals surface area contributed by atoms with Gasteiger partial charge >= 0.3 is 0 Å². The molecule has 0 saturated heterocycles. The van der Waals surface area contributed by atoms with Crippen molar-refractivity contribution in [2.45, 2.75) is 13.0 Å². The molecule has 0 radical (unpaired) electrons. The summed E-state index contributed by atoms with van der Waals surface area (Å²) in [5.74, 6) is 0.680. The summed E-state index contributed by atoms with van der Waals surface area (Å²) >= 11 is 0. The van der Waals surface area contributed by atoms with E-state index in [-0.39, 0.29) is 5.82 Å². The molecule has 0 fully saturated rings. The number of fused-ring (bicyclic) bond motifs is 1. The van der Waals surface area contributed by atoms with Gasteiger partial charge in [-0.25, -0.2) is 4.39 Å². The fourth-order valence-corrected chi connectivity index (χ4v) is 2.73. The van der Waals surface area contributed by atoms with Crippen LogP contribution in [0.4, 0.5) is 15.8 Å². The Kier molecular flexibility index (Phi) is 4.06. The van der Waals surface area contributed by atoms with Crippen LogP contribution < -0.4 is 15.0 Å². The van der Waals surface area contributed by atoms with Crippen molar-refractivity contribution < 1.29 is 9.13 Å². The minimum absolute atomic E-state index is 0.176. The van der Waals surface area contributed by atoms with Gasteiger partial charge in [0.1, 0.15) is 11.6 Å². The van der Waals surface area contributed by atoms with E-state index in [2.05, 4.69) is 10.2 Å². The second-order valence-corrected chi connectivity index (χ2v) is 5.09. The molecular weight excluding hydrogens is 267 g/mol. The van der Waals surface area contributed by atoms with E-state index in [4.69, 9.17) is 4.74 Å². The SMILES string of the molecule is CNCc1c(F)cccc1N1CCCOc2ccccc21. The van der Waals surface area contributed by atoms with Gasteiger partial charge in [-0.2, -0.15) is 0 Å². The molecule has 0 saturated carbocycles. The van der Waals surface area contributed by atoms with Crippen LogP contribution in [0.2, 0.25) is 0 Å². The van der Waals surface area contributed by atoms with E-state index >= 15 is 0 Å². The molecule has 1 aliphatic heterocycles. The first-order valence-electron chi connectivity index (χ1n) is 7.22. The molecule has 0 unspecified atom stereocenters. The summed E-state index contributed by atoms with van der Waals surface area (Å²) < 4.78 is 20.0. The van der Waals surface area contributed by atoms with E-state index in [1.54, 1.807) is 6.07 Å². The van der Waals surface area contributed by atoms with E-state index < -0.39 is 0 Å². The van der Waals surface area contributed by atoms with Gasteiger partial charge in [0.25, 0.3) is 0 Å². The van der Waals surface area contributed by atoms with Gasteiger partial charge < -0.3 is 15.0 Å². The number of hydrogen-bond acceptors (Lipinski definition) is 3. The van der Waals surface area contributed by atoms with Crippen molar-refractivity contribution >= 4 is 11.4 Å². The molecule has 0 aliphatic carbocycles. The minimum Gasteiger partial charge on any atom is -0.491 e. The summed E-state index contributed by atoms with van der Waals surface area (Å²) in [6.45, 7) is 2.00. The van der Waals surface area contributed by atoms with Gasteiger partial charge in [0, 0.05) is 24.3 Å². The highest BCUT2D eigenvalue weighted by atomic mass is 19.1. The first-order valence-corrected chi connectivity index (χ1v) is 7.22. The Labute approximate surface area is 124 Å². The lowest BCUT2D eigenvalue weighted by molar-refractivity contribution is 0.322. The lowest BCUT2D eigenvalue weighted by Crippen LogP contribution is -2.21. The fourth-order valence-electron chi connectivity index (χ4n) is 2.73. The van der Waals surface area contributed by atoms with Crippen LogP contribution >= 0.6 is 0 Å². The molecule has 2 aromatic carbocycles.